The van der Waals surface area contributed by atoms with Crippen LogP contribution in [0.3, 0.4) is 0 Å². The number of hydrogen-bond donors (Lipinski definition) is 3. The molecule has 0 aromatic heterocycles. The topological polar surface area (TPSA) is 70.2 Å². The zero-order chi connectivity index (χ0) is 14.5. The van der Waals surface area contributed by atoms with Gasteiger partial charge in [0.25, 0.3) is 0 Å². The fourth-order valence-corrected chi connectivity index (χ4v) is 2.20. The molecule has 0 saturated carbocycles. The van der Waals surface area contributed by atoms with Crippen molar-refractivity contribution in [2.45, 2.75) is 32.2 Å². The summed E-state index contributed by atoms with van der Waals surface area (Å²) < 4.78 is 13.7. The van der Waals surface area contributed by atoms with E-state index in [9.17, 15) is 14.0 Å². The fraction of sp³-hybridized carbons (Fsp3) is 0.429. The second kappa shape index (κ2) is 6.47. The lowest BCUT2D eigenvalue weighted by molar-refractivity contribution is -0.118. The van der Waals surface area contributed by atoms with Crippen molar-refractivity contribution in [1.29, 1.82) is 0 Å². The molecular formula is C14H18FN3O2. The number of amides is 2. The van der Waals surface area contributed by atoms with Crippen molar-refractivity contribution in [2.75, 3.05) is 17.2 Å². The lowest BCUT2D eigenvalue weighted by Gasteiger charge is -2.22. The summed E-state index contributed by atoms with van der Waals surface area (Å²) in [5.74, 6) is -1.02. The third-order valence-electron chi connectivity index (χ3n) is 3.17. The minimum absolute atomic E-state index is 0.0774. The first-order valence-electron chi connectivity index (χ1n) is 6.67. The lowest BCUT2D eigenvalue weighted by Crippen LogP contribution is -2.43. The molecule has 1 aliphatic rings. The van der Waals surface area contributed by atoms with Gasteiger partial charge >= 0.3 is 0 Å². The SMILES string of the molecule is CC(=O)Nc1ccc(F)c(NC(=O)C2CCCCN2)c1. The van der Waals surface area contributed by atoms with Crippen molar-refractivity contribution in [3.05, 3.63) is 24.0 Å². The highest BCUT2D eigenvalue weighted by atomic mass is 19.1. The van der Waals surface area contributed by atoms with Crippen molar-refractivity contribution < 1.29 is 14.0 Å². The molecule has 0 spiro atoms. The second-order valence-corrected chi connectivity index (χ2v) is 4.87. The Morgan fingerprint density at radius 3 is 2.75 bits per heavy atom. The molecule has 2 rings (SSSR count). The highest BCUT2D eigenvalue weighted by Crippen LogP contribution is 2.20. The van der Waals surface area contributed by atoms with Crippen LogP contribution in [0.15, 0.2) is 18.2 Å². The largest absolute Gasteiger partial charge is 0.326 e. The Morgan fingerprint density at radius 1 is 1.30 bits per heavy atom. The third-order valence-corrected chi connectivity index (χ3v) is 3.17. The van der Waals surface area contributed by atoms with Gasteiger partial charge in [0.05, 0.1) is 11.7 Å². The molecule has 1 aromatic carbocycles. The second-order valence-electron chi connectivity index (χ2n) is 4.87. The maximum Gasteiger partial charge on any atom is 0.241 e. The Hall–Kier alpha value is -1.95. The Bertz CT molecular complexity index is 513. The molecule has 2 amide bonds. The van der Waals surface area contributed by atoms with Crippen LogP contribution in [0.4, 0.5) is 15.8 Å². The van der Waals surface area contributed by atoms with Crippen LogP contribution in [0.5, 0.6) is 0 Å². The van der Waals surface area contributed by atoms with Gasteiger partial charge in [-0.25, -0.2) is 4.39 Å². The molecule has 3 N–H and O–H groups in total. The van der Waals surface area contributed by atoms with Gasteiger partial charge in [-0.15, -0.1) is 0 Å². The molecule has 0 radical (unpaired) electrons. The zero-order valence-electron chi connectivity index (χ0n) is 11.3. The molecule has 1 saturated heterocycles. The van der Waals surface area contributed by atoms with Crippen LogP contribution < -0.4 is 16.0 Å². The van der Waals surface area contributed by atoms with Crippen LogP contribution in [0, 0.1) is 5.82 Å². The van der Waals surface area contributed by atoms with E-state index in [1.165, 1.54) is 25.1 Å². The van der Waals surface area contributed by atoms with Gasteiger partial charge in [0, 0.05) is 12.6 Å². The van der Waals surface area contributed by atoms with Gasteiger partial charge in [-0.1, -0.05) is 6.42 Å². The predicted octanol–water partition coefficient (Wildman–Crippen LogP) is 1.86. The first kappa shape index (κ1) is 14.5. The molecule has 1 atom stereocenters. The van der Waals surface area contributed by atoms with Gasteiger partial charge in [-0.3, -0.25) is 9.59 Å². The van der Waals surface area contributed by atoms with Crippen LogP contribution >= 0.6 is 0 Å². The molecular weight excluding hydrogens is 261 g/mol. The molecule has 1 aromatic rings. The number of piperidine rings is 1. The van der Waals surface area contributed by atoms with E-state index in [-0.39, 0.29) is 23.5 Å². The van der Waals surface area contributed by atoms with Gasteiger partial charge in [-0.2, -0.15) is 0 Å². The predicted molar refractivity (Wildman–Crippen MR) is 75.0 cm³/mol. The van der Waals surface area contributed by atoms with E-state index < -0.39 is 5.82 Å². The summed E-state index contributed by atoms with van der Waals surface area (Å²) in [6, 6.07) is 3.80. The van der Waals surface area contributed by atoms with Crippen molar-refractivity contribution in [3.63, 3.8) is 0 Å². The van der Waals surface area contributed by atoms with Crippen molar-refractivity contribution in [1.82, 2.24) is 5.32 Å². The third kappa shape index (κ3) is 3.77. The maximum absolute atomic E-state index is 13.7. The minimum Gasteiger partial charge on any atom is -0.326 e. The Kier molecular flexibility index (Phi) is 4.68. The number of nitrogens with one attached hydrogen (secondary N) is 3. The monoisotopic (exact) mass is 279 g/mol. The Morgan fingerprint density at radius 2 is 2.10 bits per heavy atom. The lowest BCUT2D eigenvalue weighted by atomic mass is 10.0. The van der Waals surface area contributed by atoms with Gasteiger partial charge in [-0.05, 0) is 37.6 Å². The summed E-state index contributed by atoms with van der Waals surface area (Å²) in [6.07, 6.45) is 2.79. The number of benzene rings is 1. The zero-order valence-corrected chi connectivity index (χ0v) is 11.3. The summed E-state index contributed by atoms with van der Waals surface area (Å²) in [4.78, 5) is 23.0. The van der Waals surface area contributed by atoms with Crippen molar-refractivity contribution in [3.8, 4) is 0 Å². The summed E-state index contributed by atoms with van der Waals surface area (Å²) in [7, 11) is 0. The number of halogens is 1. The molecule has 6 heteroatoms. The number of carbonyl (C=O) groups excluding carboxylic acids is 2. The minimum atomic E-state index is -0.525. The van der Waals surface area contributed by atoms with Crippen molar-refractivity contribution >= 4 is 23.2 Å². The van der Waals surface area contributed by atoms with E-state index >= 15 is 0 Å². The van der Waals surface area contributed by atoms with Crippen LogP contribution in [0.2, 0.25) is 0 Å². The summed E-state index contributed by atoms with van der Waals surface area (Å²) in [5.41, 5.74) is 0.527. The van der Waals surface area contributed by atoms with E-state index in [0.717, 1.165) is 25.8 Å². The molecule has 1 fully saturated rings. The maximum atomic E-state index is 13.7. The molecule has 0 aliphatic carbocycles. The molecule has 5 nitrogen and oxygen atoms in total. The number of anilines is 2. The van der Waals surface area contributed by atoms with E-state index in [4.69, 9.17) is 0 Å². The first-order chi connectivity index (χ1) is 9.56. The number of rotatable bonds is 3. The van der Waals surface area contributed by atoms with Gasteiger partial charge in [0.2, 0.25) is 11.8 Å². The highest BCUT2D eigenvalue weighted by Gasteiger charge is 2.21. The smallest absolute Gasteiger partial charge is 0.241 e. The van der Waals surface area contributed by atoms with E-state index in [2.05, 4.69) is 16.0 Å². The molecule has 0 bridgehead atoms. The molecule has 1 unspecified atom stereocenters. The van der Waals surface area contributed by atoms with Crippen molar-refractivity contribution in [2.24, 2.45) is 0 Å². The van der Waals surface area contributed by atoms with E-state index in [1.54, 1.807) is 0 Å². The Balaban J connectivity index is 2.07. The van der Waals surface area contributed by atoms with Crippen LogP contribution in [-0.2, 0) is 9.59 Å². The van der Waals surface area contributed by atoms with E-state index in [1.807, 2.05) is 0 Å². The van der Waals surface area contributed by atoms with E-state index in [0.29, 0.717) is 5.69 Å². The van der Waals surface area contributed by atoms with Gasteiger partial charge in [0.15, 0.2) is 0 Å². The van der Waals surface area contributed by atoms with Crippen LogP contribution in [0.1, 0.15) is 26.2 Å². The average Bonchev–Trinajstić information content (AvgIpc) is 2.43. The molecule has 20 heavy (non-hydrogen) atoms. The quantitative estimate of drug-likeness (QED) is 0.791. The first-order valence-corrected chi connectivity index (χ1v) is 6.67. The Labute approximate surface area is 116 Å². The normalized spacial score (nSPS) is 18.4. The number of carbonyl (C=O) groups is 2. The fourth-order valence-electron chi connectivity index (χ4n) is 2.20. The van der Waals surface area contributed by atoms with Crippen LogP contribution in [-0.4, -0.2) is 24.4 Å². The standard InChI is InChI=1S/C14H18FN3O2/c1-9(19)17-10-5-6-11(15)13(8-10)18-14(20)12-4-2-3-7-16-12/h5-6,8,12,16H,2-4,7H2,1H3,(H,17,19)(H,18,20). The average molecular weight is 279 g/mol. The molecule has 108 valence electrons. The number of hydrogen-bond acceptors (Lipinski definition) is 3. The molecule has 1 aliphatic heterocycles. The summed E-state index contributed by atoms with van der Waals surface area (Å²) in [5, 5.41) is 8.22. The molecule has 1 heterocycles. The van der Waals surface area contributed by atoms with Gasteiger partial charge in [0.1, 0.15) is 5.82 Å². The highest BCUT2D eigenvalue weighted by molar-refractivity contribution is 5.96. The van der Waals surface area contributed by atoms with Gasteiger partial charge < -0.3 is 16.0 Å². The summed E-state index contributed by atoms with van der Waals surface area (Å²) in [6.45, 7) is 2.17. The van der Waals surface area contributed by atoms with Crippen LogP contribution in [0.25, 0.3) is 0 Å². The summed E-state index contributed by atoms with van der Waals surface area (Å²) >= 11 is 0.